The van der Waals surface area contributed by atoms with Crippen LogP contribution in [0.3, 0.4) is 0 Å². The van der Waals surface area contributed by atoms with Crippen molar-refractivity contribution in [1.82, 2.24) is 0 Å². The normalized spacial score (nSPS) is 15.4. The van der Waals surface area contributed by atoms with Crippen LogP contribution in [0.4, 0.5) is 13.2 Å². The lowest BCUT2D eigenvalue weighted by Crippen LogP contribution is -2.39. The van der Waals surface area contributed by atoms with Gasteiger partial charge in [-0.05, 0) is 37.1 Å². The molecule has 0 saturated carbocycles. The quantitative estimate of drug-likeness (QED) is 0.734. The predicted octanol–water partition coefficient (Wildman–Crippen LogP) is 5.13. The van der Waals surface area contributed by atoms with Gasteiger partial charge < -0.3 is 10.5 Å². The molecule has 0 spiro atoms. The fraction of sp³-hybridized carbons (Fsp3) is 0.300. The predicted molar refractivity (Wildman–Crippen MR) is 93.1 cm³/mol. The van der Waals surface area contributed by atoms with E-state index in [1.807, 2.05) is 30.3 Å². The minimum absolute atomic E-state index is 0.108. The Morgan fingerprint density at radius 2 is 1.76 bits per heavy atom. The number of ether oxygens (including phenoxy) is 1. The van der Waals surface area contributed by atoms with Crippen LogP contribution in [0.2, 0.25) is 0 Å². The summed E-state index contributed by atoms with van der Waals surface area (Å²) < 4.78 is 44.8. The molecule has 0 fully saturated rings. The first-order valence-corrected chi connectivity index (χ1v) is 7.94. The van der Waals surface area contributed by atoms with Crippen LogP contribution in [0.1, 0.15) is 35.3 Å². The average molecular weight is 349 g/mol. The molecule has 5 heteroatoms. The third-order valence-electron chi connectivity index (χ3n) is 4.14. The van der Waals surface area contributed by atoms with Crippen LogP contribution in [-0.2, 0) is 16.5 Å². The van der Waals surface area contributed by atoms with Gasteiger partial charge in [-0.1, -0.05) is 48.0 Å². The van der Waals surface area contributed by atoms with Gasteiger partial charge in [-0.3, -0.25) is 0 Å². The summed E-state index contributed by atoms with van der Waals surface area (Å²) in [6, 6.07) is 13.3. The van der Waals surface area contributed by atoms with Gasteiger partial charge in [0, 0.05) is 0 Å². The van der Waals surface area contributed by atoms with Crippen LogP contribution in [0, 0.1) is 6.92 Å². The minimum atomic E-state index is -4.39. The standard InChI is InChI=1S/C20H22F3NO/c1-4-19(24,17-8-6-5-7-9-17)13-25-15(3)16-10-14(2)11-18(12-16)20(21,22)23/h4-12,15H,1,13,24H2,2-3H3/t15-,19-/m1/s1. The molecule has 0 aromatic heterocycles. The molecule has 2 rings (SSSR count). The van der Waals surface area contributed by atoms with Crippen molar-refractivity contribution in [2.75, 3.05) is 6.61 Å². The largest absolute Gasteiger partial charge is 0.416 e. The lowest BCUT2D eigenvalue weighted by atomic mass is 9.92. The zero-order valence-corrected chi connectivity index (χ0v) is 14.3. The Hall–Kier alpha value is -2.11. The Kier molecular flexibility index (Phi) is 5.70. The molecular formula is C20H22F3NO. The monoisotopic (exact) mass is 349 g/mol. The second-order valence-corrected chi connectivity index (χ2v) is 6.19. The van der Waals surface area contributed by atoms with Crippen LogP contribution in [0.15, 0.2) is 61.2 Å². The van der Waals surface area contributed by atoms with Crippen LogP contribution < -0.4 is 5.73 Å². The topological polar surface area (TPSA) is 35.2 Å². The molecule has 2 nitrogen and oxygen atoms in total. The summed E-state index contributed by atoms with van der Waals surface area (Å²) in [5.41, 5.74) is 6.59. The summed E-state index contributed by atoms with van der Waals surface area (Å²) in [5, 5.41) is 0. The van der Waals surface area contributed by atoms with Crippen molar-refractivity contribution in [3.63, 3.8) is 0 Å². The Morgan fingerprint density at radius 1 is 1.12 bits per heavy atom. The van der Waals surface area contributed by atoms with Crippen LogP contribution >= 0.6 is 0 Å². The Bertz CT molecular complexity index is 727. The van der Waals surface area contributed by atoms with Gasteiger partial charge in [-0.25, -0.2) is 0 Å². The van der Waals surface area contributed by atoms with Gasteiger partial charge in [0.25, 0.3) is 0 Å². The number of nitrogens with two attached hydrogens (primary N) is 1. The third-order valence-corrected chi connectivity index (χ3v) is 4.14. The number of aryl methyl sites for hydroxylation is 1. The van der Waals surface area contributed by atoms with Gasteiger partial charge in [-0.15, -0.1) is 6.58 Å². The molecule has 0 aliphatic carbocycles. The number of halogens is 3. The van der Waals surface area contributed by atoms with E-state index < -0.39 is 23.4 Å². The SMILES string of the molecule is C=C[C@@](N)(CO[C@H](C)c1cc(C)cc(C(F)(F)F)c1)c1ccccc1. The molecule has 0 heterocycles. The highest BCUT2D eigenvalue weighted by Crippen LogP contribution is 2.33. The molecule has 2 atom stereocenters. The van der Waals surface area contributed by atoms with Crippen molar-refractivity contribution < 1.29 is 17.9 Å². The maximum Gasteiger partial charge on any atom is 0.416 e. The number of rotatable bonds is 6. The van der Waals surface area contributed by atoms with Gasteiger partial charge >= 0.3 is 6.18 Å². The minimum Gasteiger partial charge on any atom is -0.371 e. The van der Waals surface area contributed by atoms with E-state index in [9.17, 15) is 13.2 Å². The van der Waals surface area contributed by atoms with Crippen molar-refractivity contribution >= 4 is 0 Å². The van der Waals surface area contributed by atoms with Crippen LogP contribution in [-0.4, -0.2) is 6.61 Å². The Morgan fingerprint density at radius 3 is 2.32 bits per heavy atom. The fourth-order valence-electron chi connectivity index (χ4n) is 2.58. The second-order valence-electron chi connectivity index (χ2n) is 6.19. The number of benzene rings is 2. The van der Waals surface area contributed by atoms with Crippen molar-refractivity contribution in [2.24, 2.45) is 5.73 Å². The van der Waals surface area contributed by atoms with Crippen molar-refractivity contribution in [3.8, 4) is 0 Å². The van der Waals surface area contributed by atoms with Gasteiger partial charge in [0.15, 0.2) is 0 Å². The molecule has 0 unspecified atom stereocenters. The first-order valence-electron chi connectivity index (χ1n) is 7.94. The van der Waals surface area contributed by atoms with E-state index in [1.165, 1.54) is 0 Å². The smallest absolute Gasteiger partial charge is 0.371 e. The molecule has 0 bridgehead atoms. The van der Waals surface area contributed by atoms with Gasteiger partial charge in [0.1, 0.15) is 0 Å². The van der Waals surface area contributed by atoms with E-state index in [0.29, 0.717) is 11.1 Å². The van der Waals surface area contributed by atoms with Crippen molar-refractivity contribution in [1.29, 1.82) is 0 Å². The summed E-state index contributed by atoms with van der Waals surface area (Å²) in [7, 11) is 0. The average Bonchev–Trinajstić information content (AvgIpc) is 2.58. The maximum atomic E-state index is 13.0. The molecule has 0 amide bonds. The fourth-order valence-corrected chi connectivity index (χ4v) is 2.58. The highest BCUT2D eigenvalue weighted by atomic mass is 19.4. The highest BCUT2D eigenvalue weighted by molar-refractivity contribution is 5.33. The summed E-state index contributed by atoms with van der Waals surface area (Å²) in [4.78, 5) is 0. The summed E-state index contributed by atoms with van der Waals surface area (Å²) >= 11 is 0. The lowest BCUT2D eigenvalue weighted by Gasteiger charge is -2.28. The molecular weight excluding hydrogens is 327 g/mol. The van der Waals surface area contributed by atoms with E-state index in [0.717, 1.165) is 17.7 Å². The van der Waals surface area contributed by atoms with Crippen LogP contribution in [0.25, 0.3) is 0 Å². The molecule has 0 radical (unpaired) electrons. The number of alkyl halides is 3. The maximum absolute atomic E-state index is 13.0. The summed E-state index contributed by atoms with van der Waals surface area (Å²) in [5.74, 6) is 0. The van der Waals surface area contributed by atoms with Crippen molar-refractivity contribution in [3.05, 3.63) is 83.4 Å². The van der Waals surface area contributed by atoms with E-state index >= 15 is 0 Å². The zero-order chi connectivity index (χ0) is 18.7. The lowest BCUT2D eigenvalue weighted by molar-refractivity contribution is -0.137. The Labute approximate surface area is 146 Å². The molecule has 2 aromatic carbocycles. The molecule has 0 aliphatic rings. The molecule has 2 N–H and O–H groups in total. The molecule has 0 aliphatic heterocycles. The van der Waals surface area contributed by atoms with Crippen LogP contribution in [0.5, 0.6) is 0 Å². The molecule has 2 aromatic rings. The highest BCUT2D eigenvalue weighted by Gasteiger charge is 2.31. The number of hydrogen-bond acceptors (Lipinski definition) is 2. The zero-order valence-electron chi connectivity index (χ0n) is 14.3. The Balaban J connectivity index is 2.18. The van der Waals surface area contributed by atoms with Gasteiger partial charge in [0.2, 0.25) is 0 Å². The number of hydrogen-bond donors (Lipinski definition) is 1. The summed E-state index contributed by atoms with van der Waals surface area (Å²) in [6.45, 7) is 7.22. The summed E-state index contributed by atoms with van der Waals surface area (Å²) in [6.07, 6.45) is -3.33. The van der Waals surface area contributed by atoms with E-state index in [1.54, 1.807) is 26.0 Å². The molecule has 25 heavy (non-hydrogen) atoms. The second kappa shape index (κ2) is 7.42. The third kappa shape index (κ3) is 4.71. The van der Waals surface area contributed by atoms with E-state index in [4.69, 9.17) is 10.5 Å². The van der Waals surface area contributed by atoms with Crippen molar-refractivity contribution in [2.45, 2.75) is 31.7 Å². The van der Waals surface area contributed by atoms with Gasteiger partial charge in [-0.2, -0.15) is 13.2 Å². The molecule has 0 saturated heterocycles. The van der Waals surface area contributed by atoms with Gasteiger partial charge in [0.05, 0.1) is 23.8 Å². The van der Waals surface area contributed by atoms with E-state index in [2.05, 4.69) is 6.58 Å². The molecule has 134 valence electrons. The first-order chi connectivity index (χ1) is 11.7. The van der Waals surface area contributed by atoms with E-state index in [-0.39, 0.29) is 6.61 Å². The first kappa shape index (κ1) is 19.2.